The van der Waals surface area contributed by atoms with E-state index < -0.39 is 0 Å². The molecule has 0 aromatic carbocycles. The monoisotopic (exact) mass is 200 g/mol. The Morgan fingerprint density at radius 3 is 2.43 bits per heavy atom. The van der Waals surface area contributed by atoms with E-state index in [1.807, 2.05) is 25.7 Å². The maximum atomic E-state index is 11.8. The number of hydrogen-bond donors (Lipinski definition) is 1. The summed E-state index contributed by atoms with van der Waals surface area (Å²) in [5, 5.41) is 0. The van der Waals surface area contributed by atoms with Crippen molar-refractivity contribution in [1.29, 1.82) is 0 Å². The van der Waals surface area contributed by atoms with Crippen molar-refractivity contribution < 1.29 is 9.53 Å². The van der Waals surface area contributed by atoms with Crippen LogP contribution in [-0.4, -0.2) is 42.6 Å². The molecule has 1 saturated heterocycles. The Kier molecular flexibility index (Phi) is 3.89. The van der Waals surface area contributed by atoms with Gasteiger partial charge in [-0.05, 0) is 13.8 Å². The normalized spacial score (nSPS) is 30.1. The molecule has 1 heterocycles. The van der Waals surface area contributed by atoms with E-state index in [-0.39, 0.29) is 24.0 Å². The topological polar surface area (TPSA) is 55.6 Å². The molecule has 0 aromatic rings. The first-order chi connectivity index (χ1) is 6.54. The highest BCUT2D eigenvalue weighted by Crippen LogP contribution is 2.13. The molecule has 0 spiro atoms. The Morgan fingerprint density at radius 2 is 2.00 bits per heavy atom. The van der Waals surface area contributed by atoms with Crippen molar-refractivity contribution in [3.05, 3.63) is 0 Å². The Bertz CT molecular complexity index is 198. The number of carbonyl (C=O) groups excluding carboxylic acids is 1. The van der Waals surface area contributed by atoms with Crippen LogP contribution in [-0.2, 0) is 9.53 Å². The van der Waals surface area contributed by atoms with Crippen molar-refractivity contribution in [3.8, 4) is 0 Å². The molecule has 0 aromatic heterocycles. The fourth-order valence-electron chi connectivity index (χ4n) is 1.77. The zero-order valence-electron chi connectivity index (χ0n) is 9.19. The number of hydrogen-bond acceptors (Lipinski definition) is 3. The highest BCUT2D eigenvalue weighted by atomic mass is 16.5. The number of carbonyl (C=O) groups is 1. The number of amides is 1. The van der Waals surface area contributed by atoms with Crippen molar-refractivity contribution in [2.75, 3.05) is 19.6 Å². The van der Waals surface area contributed by atoms with Gasteiger partial charge in [0.1, 0.15) is 0 Å². The Hall–Kier alpha value is -0.610. The minimum absolute atomic E-state index is 0.0764. The maximum absolute atomic E-state index is 11.8. The first-order valence-corrected chi connectivity index (χ1v) is 5.19. The summed E-state index contributed by atoms with van der Waals surface area (Å²) in [5.74, 6) is 0.0713. The van der Waals surface area contributed by atoms with E-state index in [1.54, 1.807) is 0 Å². The molecule has 14 heavy (non-hydrogen) atoms. The molecule has 1 aliphatic rings. The van der Waals surface area contributed by atoms with Crippen LogP contribution in [0.1, 0.15) is 20.8 Å². The molecule has 4 nitrogen and oxygen atoms in total. The average molecular weight is 200 g/mol. The molecule has 1 rings (SSSR count). The molecule has 3 atom stereocenters. The highest BCUT2D eigenvalue weighted by molar-refractivity contribution is 5.78. The lowest BCUT2D eigenvalue weighted by Crippen LogP contribution is -2.50. The summed E-state index contributed by atoms with van der Waals surface area (Å²) in [5.41, 5.74) is 5.47. The van der Waals surface area contributed by atoms with Crippen LogP contribution < -0.4 is 5.73 Å². The van der Waals surface area contributed by atoms with E-state index in [4.69, 9.17) is 10.5 Å². The van der Waals surface area contributed by atoms with Gasteiger partial charge in [-0.15, -0.1) is 0 Å². The number of nitrogens with two attached hydrogens (primary N) is 1. The van der Waals surface area contributed by atoms with Gasteiger partial charge in [-0.3, -0.25) is 4.79 Å². The van der Waals surface area contributed by atoms with E-state index in [2.05, 4.69) is 0 Å². The fourth-order valence-corrected chi connectivity index (χ4v) is 1.77. The van der Waals surface area contributed by atoms with Crippen molar-refractivity contribution in [2.45, 2.75) is 33.0 Å². The Labute approximate surface area is 85.4 Å². The smallest absolute Gasteiger partial charge is 0.226 e. The maximum Gasteiger partial charge on any atom is 0.226 e. The summed E-state index contributed by atoms with van der Waals surface area (Å²) >= 11 is 0. The summed E-state index contributed by atoms with van der Waals surface area (Å²) in [6.07, 6.45) is 0.264. The van der Waals surface area contributed by atoms with Crippen molar-refractivity contribution >= 4 is 5.91 Å². The zero-order chi connectivity index (χ0) is 10.7. The van der Waals surface area contributed by atoms with Gasteiger partial charge in [0.2, 0.25) is 5.91 Å². The lowest BCUT2D eigenvalue weighted by molar-refractivity contribution is -0.146. The fraction of sp³-hybridized carbons (Fsp3) is 0.900. The molecule has 1 fully saturated rings. The summed E-state index contributed by atoms with van der Waals surface area (Å²) in [6.45, 7) is 7.64. The lowest BCUT2D eigenvalue weighted by Gasteiger charge is -2.36. The number of morpholine rings is 1. The van der Waals surface area contributed by atoms with Gasteiger partial charge in [-0.25, -0.2) is 0 Å². The van der Waals surface area contributed by atoms with Crippen LogP contribution in [0, 0.1) is 5.92 Å². The quantitative estimate of drug-likeness (QED) is 0.693. The third-order valence-electron chi connectivity index (χ3n) is 2.51. The molecular formula is C10H20N2O2. The van der Waals surface area contributed by atoms with Crippen LogP contribution in [0.25, 0.3) is 0 Å². The van der Waals surface area contributed by atoms with Gasteiger partial charge in [0, 0.05) is 25.6 Å². The van der Waals surface area contributed by atoms with Gasteiger partial charge in [0.25, 0.3) is 0 Å². The van der Waals surface area contributed by atoms with Gasteiger partial charge < -0.3 is 15.4 Å². The number of nitrogens with zero attached hydrogens (tertiary/aromatic N) is 1. The Balaban J connectivity index is 2.54. The second kappa shape index (κ2) is 4.75. The Morgan fingerprint density at radius 1 is 1.50 bits per heavy atom. The largest absolute Gasteiger partial charge is 0.372 e. The molecule has 82 valence electrons. The van der Waals surface area contributed by atoms with Crippen LogP contribution >= 0.6 is 0 Å². The molecule has 4 heteroatoms. The zero-order valence-corrected chi connectivity index (χ0v) is 9.19. The molecule has 2 N–H and O–H groups in total. The van der Waals surface area contributed by atoms with Crippen LogP contribution in [0.5, 0.6) is 0 Å². The van der Waals surface area contributed by atoms with Crippen molar-refractivity contribution in [1.82, 2.24) is 4.90 Å². The third kappa shape index (κ3) is 2.69. The van der Waals surface area contributed by atoms with Gasteiger partial charge in [0.05, 0.1) is 12.2 Å². The van der Waals surface area contributed by atoms with E-state index >= 15 is 0 Å². The first-order valence-electron chi connectivity index (χ1n) is 5.19. The van der Waals surface area contributed by atoms with Crippen molar-refractivity contribution in [3.63, 3.8) is 0 Å². The minimum atomic E-state index is -0.0764. The standard InChI is InChI=1S/C10H20N2O2/c1-7(4-11)10(13)12-5-8(2)14-9(3)6-12/h7-9H,4-6,11H2,1-3H3. The summed E-state index contributed by atoms with van der Waals surface area (Å²) in [4.78, 5) is 13.7. The lowest BCUT2D eigenvalue weighted by atomic mass is 10.1. The predicted octanol–water partition coefficient (Wildman–Crippen LogP) is 0.217. The average Bonchev–Trinajstić information content (AvgIpc) is 2.14. The SMILES string of the molecule is CC1CN(C(=O)C(C)CN)CC(C)O1. The molecule has 0 radical (unpaired) electrons. The van der Waals surface area contributed by atoms with Gasteiger partial charge >= 0.3 is 0 Å². The highest BCUT2D eigenvalue weighted by Gasteiger charge is 2.27. The van der Waals surface area contributed by atoms with E-state index in [0.717, 1.165) is 0 Å². The molecule has 3 unspecified atom stereocenters. The second-order valence-electron chi connectivity index (χ2n) is 4.14. The van der Waals surface area contributed by atoms with Gasteiger partial charge in [0.15, 0.2) is 0 Å². The van der Waals surface area contributed by atoms with Crippen LogP contribution in [0.3, 0.4) is 0 Å². The number of rotatable bonds is 2. The van der Waals surface area contributed by atoms with Crippen molar-refractivity contribution in [2.24, 2.45) is 11.7 Å². The van der Waals surface area contributed by atoms with Crippen LogP contribution in [0.2, 0.25) is 0 Å². The van der Waals surface area contributed by atoms with Crippen LogP contribution in [0.4, 0.5) is 0 Å². The molecule has 1 aliphatic heterocycles. The summed E-state index contributed by atoms with van der Waals surface area (Å²) in [6, 6.07) is 0. The van der Waals surface area contributed by atoms with Crippen LogP contribution in [0.15, 0.2) is 0 Å². The van der Waals surface area contributed by atoms with E-state index in [0.29, 0.717) is 19.6 Å². The molecule has 0 bridgehead atoms. The van der Waals surface area contributed by atoms with E-state index in [1.165, 1.54) is 0 Å². The first kappa shape index (κ1) is 11.5. The minimum Gasteiger partial charge on any atom is -0.372 e. The number of ether oxygens (including phenoxy) is 1. The third-order valence-corrected chi connectivity index (χ3v) is 2.51. The van der Waals surface area contributed by atoms with E-state index in [9.17, 15) is 4.79 Å². The predicted molar refractivity (Wildman–Crippen MR) is 54.8 cm³/mol. The van der Waals surface area contributed by atoms with Gasteiger partial charge in [-0.1, -0.05) is 6.92 Å². The second-order valence-corrected chi connectivity index (χ2v) is 4.14. The molecule has 0 aliphatic carbocycles. The molecule has 0 saturated carbocycles. The summed E-state index contributed by atoms with van der Waals surface area (Å²) in [7, 11) is 0. The summed E-state index contributed by atoms with van der Waals surface area (Å²) < 4.78 is 5.55. The molecule has 1 amide bonds. The molecular weight excluding hydrogens is 180 g/mol. The van der Waals surface area contributed by atoms with Gasteiger partial charge in [-0.2, -0.15) is 0 Å².